The van der Waals surface area contributed by atoms with Crippen LogP contribution < -0.4 is 14.8 Å². The zero-order valence-electron chi connectivity index (χ0n) is 18.5. The number of benzene rings is 3. The van der Waals surface area contributed by atoms with Gasteiger partial charge in [0.1, 0.15) is 23.3 Å². The van der Waals surface area contributed by atoms with E-state index in [2.05, 4.69) is 27.9 Å². The third-order valence-electron chi connectivity index (χ3n) is 4.63. The van der Waals surface area contributed by atoms with E-state index in [-0.39, 0.29) is 22.0 Å². The molecule has 0 saturated heterocycles. The van der Waals surface area contributed by atoms with Gasteiger partial charge in [0.25, 0.3) is 11.6 Å². The fourth-order valence-corrected chi connectivity index (χ4v) is 4.02. The fraction of sp³-hybridized carbons (Fsp3) is 0.120. The molecular weight excluding hydrogens is 585 g/mol. The van der Waals surface area contributed by atoms with Crippen molar-refractivity contribution in [3.63, 3.8) is 0 Å². The fourth-order valence-electron chi connectivity index (χ4n) is 3.05. The molecule has 0 aromatic heterocycles. The summed E-state index contributed by atoms with van der Waals surface area (Å²) in [4.78, 5) is 23.1. The van der Waals surface area contributed by atoms with Gasteiger partial charge in [-0.2, -0.15) is 5.26 Å². The Morgan fingerprint density at radius 3 is 2.60 bits per heavy atom. The number of ether oxygens (including phenoxy) is 2. The lowest BCUT2D eigenvalue weighted by Crippen LogP contribution is -2.13. The van der Waals surface area contributed by atoms with Gasteiger partial charge in [-0.05, 0) is 71.0 Å². The Hall–Kier alpha value is -3.62. The van der Waals surface area contributed by atoms with Gasteiger partial charge in [0.15, 0.2) is 11.5 Å². The summed E-state index contributed by atoms with van der Waals surface area (Å²) < 4.78 is 12.5. The first-order chi connectivity index (χ1) is 16.8. The average Bonchev–Trinajstić information content (AvgIpc) is 2.83. The topological polar surface area (TPSA) is 114 Å². The van der Waals surface area contributed by atoms with Crippen LogP contribution in [0.15, 0.2) is 66.2 Å². The number of hydrogen-bond donors (Lipinski definition) is 1. The molecule has 3 aromatic rings. The van der Waals surface area contributed by atoms with E-state index in [1.165, 1.54) is 18.2 Å². The molecule has 35 heavy (non-hydrogen) atoms. The van der Waals surface area contributed by atoms with Crippen LogP contribution in [0.3, 0.4) is 0 Å². The van der Waals surface area contributed by atoms with Gasteiger partial charge in [-0.15, -0.1) is 0 Å². The molecule has 1 amide bonds. The Bertz CT molecular complexity index is 1320. The number of hydrogen-bond acceptors (Lipinski definition) is 6. The molecule has 0 fully saturated rings. The van der Waals surface area contributed by atoms with Crippen molar-refractivity contribution < 1.29 is 19.2 Å². The van der Waals surface area contributed by atoms with E-state index in [9.17, 15) is 20.2 Å². The van der Waals surface area contributed by atoms with Crippen LogP contribution in [0.5, 0.6) is 11.5 Å². The molecule has 0 aliphatic carbocycles. The van der Waals surface area contributed by atoms with Gasteiger partial charge in [0.05, 0.1) is 15.1 Å². The van der Waals surface area contributed by atoms with Crippen LogP contribution in [0.25, 0.3) is 6.08 Å². The van der Waals surface area contributed by atoms with Gasteiger partial charge in [0, 0.05) is 11.8 Å². The maximum Gasteiger partial charge on any atom is 0.289 e. The molecule has 8 nitrogen and oxygen atoms in total. The number of anilines is 1. The van der Waals surface area contributed by atoms with Gasteiger partial charge in [-0.25, -0.2) is 0 Å². The van der Waals surface area contributed by atoms with Crippen molar-refractivity contribution >= 4 is 57.5 Å². The third kappa shape index (κ3) is 6.94. The van der Waals surface area contributed by atoms with E-state index in [0.29, 0.717) is 30.3 Å². The zero-order chi connectivity index (χ0) is 25.4. The molecular formula is C25H19ClIN3O5. The van der Waals surface area contributed by atoms with E-state index < -0.39 is 10.8 Å². The highest BCUT2D eigenvalue weighted by Gasteiger charge is 2.17. The number of carbonyl (C=O) groups excluding carboxylic acids is 1. The summed E-state index contributed by atoms with van der Waals surface area (Å²) in [6.07, 6.45) is 1.41. The van der Waals surface area contributed by atoms with Crippen molar-refractivity contribution in [2.75, 3.05) is 11.9 Å². The predicted molar refractivity (Wildman–Crippen MR) is 141 cm³/mol. The van der Waals surface area contributed by atoms with Crippen LogP contribution in [-0.2, 0) is 11.4 Å². The number of amides is 1. The maximum atomic E-state index is 12.7. The number of nitrogens with one attached hydrogen (secondary N) is 1. The van der Waals surface area contributed by atoms with E-state index in [1.54, 1.807) is 12.1 Å². The number of nitro groups is 1. The smallest absolute Gasteiger partial charge is 0.289 e. The first kappa shape index (κ1) is 26.0. The Balaban J connectivity index is 1.85. The summed E-state index contributed by atoms with van der Waals surface area (Å²) in [5.41, 5.74) is 1.15. The summed E-state index contributed by atoms with van der Waals surface area (Å²) in [7, 11) is 0. The second-order valence-electron chi connectivity index (χ2n) is 7.08. The lowest BCUT2D eigenvalue weighted by atomic mass is 10.1. The number of nitro benzene ring substituents is 1. The summed E-state index contributed by atoms with van der Waals surface area (Å²) in [6.45, 7) is 2.59. The SMILES string of the molecule is CCOc1cc(/C=C(\C#N)C(=O)Nc2ccc(Cl)c([N+](=O)[O-])c2)cc(I)c1OCc1ccccc1. The molecule has 178 valence electrons. The van der Waals surface area contributed by atoms with E-state index in [4.69, 9.17) is 21.1 Å². The highest BCUT2D eigenvalue weighted by Crippen LogP contribution is 2.35. The lowest BCUT2D eigenvalue weighted by Gasteiger charge is -2.15. The van der Waals surface area contributed by atoms with Crippen LogP contribution in [0.2, 0.25) is 5.02 Å². The Labute approximate surface area is 220 Å². The lowest BCUT2D eigenvalue weighted by molar-refractivity contribution is -0.384. The molecule has 0 spiro atoms. The highest BCUT2D eigenvalue weighted by molar-refractivity contribution is 14.1. The van der Waals surface area contributed by atoms with Crippen molar-refractivity contribution in [1.82, 2.24) is 0 Å². The van der Waals surface area contributed by atoms with E-state index >= 15 is 0 Å². The quantitative estimate of drug-likeness (QED) is 0.0999. The third-order valence-corrected chi connectivity index (χ3v) is 5.76. The standard InChI is InChI=1S/C25H19ClIN3O5/c1-2-34-23-12-17(11-21(27)24(23)35-15-16-6-4-3-5-7-16)10-18(14-28)25(31)29-19-8-9-20(26)22(13-19)30(32)33/h3-13H,2,15H2,1H3,(H,29,31)/b18-10+. The molecule has 1 N–H and O–H groups in total. The minimum absolute atomic E-state index is 0.0587. The Kier molecular flexibility index (Phi) is 9.05. The van der Waals surface area contributed by atoms with Crippen LogP contribution in [0, 0.1) is 25.0 Å². The molecule has 0 saturated carbocycles. The van der Waals surface area contributed by atoms with Crippen LogP contribution in [0.1, 0.15) is 18.1 Å². The van der Waals surface area contributed by atoms with Crippen molar-refractivity contribution in [3.05, 3.63) is 96.1 Å². The maximum absolute atomic E-state index is 12.7. The molecule has 0 radical (unpaired) electrons. The molecule has 0 aliphatic heterocycles. The number of carbonyl (C=O) groups is 1. The Morgan fingerprint density at radius 2 is 1.94 bits per heavy atom. The zero-order valence-corrected chi connectivity index (χ0v) is 21.4. The summed E-state index contributed by atoms with van der Waals surface area (Å²) in [5.74, 6) is 0.319. The van der Waals surface area contributed by atoms with Crippen molar-refractivity contribution in [3.8, 4) is 17.6 Å². The molecule has 0 aliphatic rings. The molecule has 0 unspecified atom stereocenters. The number of nitriles is 1. The largest absolute Gasteiger partial charge is 0.490 e. The Morgan fingerprint density at radius 1 is 1.20 bits per heavy atom. The van der Waals surface area contributed by atoms with Crippen molar-refractivity contribution in [2.45, 2.75) is 13.5 Å². The van der Waals surface area contributed by atoms with Crippen LogP contribution in [0.4, 0.5) is 11.4 Å². The van der Waals surface area contributed by atoms with Gasteiger partial charge >= 0.3 is 0 Å². The molecule has 3 aromatic carbocycles. The van der Waals surface area contributed by atoms with Gasteiger partial charge in [-0.1, -0.05) is 41.9 Å². The summed E-state index contributed by atoms with van der Waals surface area (Å²) in [6, 6.07) is 18.9. The normalized spacial score (nSPS) is 10.9. The van der Waals surface area contributed by atoms with Crippen LogP contribution in [-0.4, -0.2) is 17.4 Å². The number of halogens is 2. The van der Waals surface area contributed by atoms with Crippen molar-refractivity contribution in [1.29, 1.82) is 5.26 Å². The van der Waals surface area contributed by atoms with Crippen molar-refractivity contribution in [2.24, 2.45) is 0 Å². The summed E-state index contributed by atoms with van der Waals surface area (Å²) >= 11 is 7.92. The van der Waals surface area contributed by atoms with E-state index in [1.807, 2.05) is 43.3 Å². The number of rotatable bonds is 9. The van der Waals surface area contributed by atoms with Gasteiger partial charge in [-0.3, -0.25) is 14.9 Å². The molecule has 10 heteroatoms. The minimum Gasteiger partial charge on any atom is -0.490 e. The molecule has 0 bridgehead atoms. The first-order valence-electron chi connectivity index (χ1n) is 10.3. The molecule has 3 rings (SSSR count). The second kappa shape index (κ2) is 12.2. The molecule has 0 heterocycles. The first-order valence-corrected chi connectivity index (χ1v) is 11.8. The van der Waals surface area contributed by atoms with E-state index in [0.717, 1.165) is 15.2 Å². The second-order valence-corrected chi connectivity index (χ2v) is 8.65. The predicted octanol–water partition coefficient (Wildman–Crippen LogP) is 6.38. The molecule has 0 atom stereocenters. The van der Waals surface area contributed by atoms with Crippen LogP contribution >= 0.6 is 34.2 Å². The van der Waals surface area contributed by atoms with Gasteiger partial charge < -0.3 is 14.8 Å². The minimum atomic E-state index is -0.721. The summed E-state index contributed by atoms with van der Waals surface area (Å²) in [5, 5.41) is 23.1. The number of nitrogens with zero attached hydrogens (tertiary/aromatic N) is 2. The average molecular weight is 604 g/mol. The monoisotopic (exact) mass is 603 g/mol. The highest BCUT2D eigenvalue weighted by atomic mass is 127. The van der Waals surface area contributed by atoms with Gasteiger partial charge in [0.2, 0.25) is 0 Å².